The minimum absolute atomic E-state index is 0.00548. The highest BCUT2D eigenvalue weighted by Crippen LogP contribution is 2.37. The molecule has 17 heavy (non-hydrogen) atoms. The predicted octanol–water partition coefficient (Wildman–Crippen LogP) is 2.52. The summed E-state index contributed by atoms with van der Waals surface area (Å²) in [7, 11) is 0. The smallest absolute Gasteiger partial charge is 0.157 e. The van der Waals surface area contributed by atoms with Gasteiger partial charge in [-0.05, 0) is 61.4 Å². The molecule has 0 fully saturated rings. The summed E-state index contributed by atoms with van der Waals surface area (Å²) in [6, 6.07) is 3.46. The van der Waals surface area contributed by atoms with Crippen LogP contribution in [0, 0.1) is 0 Å². The molecule has 3 heteroatoms. The lowest BCUT2D eigenvalue weighted by molar-refractivity contribution is 0.399. The number of benzene rings is 1. The summed E-state index contributed by atoms with van der Waals surface area (Å²) in [5, 5.41) is 22.5. The van der Waals surface area contributed by atoms with Crippen molar-refractivity contribution in [2.45, 2.75) is 38.5 Å². The lowest BCUT2D eigenvalue weighted by Gasteiger charge is -2.26. The summed E-state index contributed by atoms with van der Waals surface area (Å²) in [5.41, 5.74) is 2.39. The fourth-order valence-electron chi connectivity index (χ4n) is 2.59. The molecule has 0 bridgehead atoms. The van der Waals surface area contributed by atoms with Crippen LogP contribution in [0.2, 0.25) is 0 Å². The molecule has 0 heterocycles. The number of aryl methyl sites for hydroxylation is 1. The van der Waals surface area contributed by atoms with E-state index in [-0.39, 0.29) is 11.5 Å². The van der Waals surface area contributed by atoms with E-state index in [1.807, 2.05) is 0 Å². The van der Waals surface area contributed by atoms with Gasteiger partial charge in [0.05, 0.1) is 0 Å². The monoisotopic (exact) mass is 235 g/mol. The van der Waals surface area contributed by atoms with Crippen molar-refractivity contribution in [2.75, 3.05) is 13.1 Å². The van der Waals surface area contributed by atoms with Gasteiger partial charge in [-0.2, -0.15) is 0 Å². The Bertz CT molecular complexity index is 390. The van der Waals surface area contributed by atoms with Crippen LogP contribution in [0.1, 0.15) is 43.2 Å². The first-order valence-electron chi connectivity index (χ1n) is 6.47. The van der Waals surface area contributed by atoms with Crippen molar-refractivity contribution in [3.63, 3.8) is 0 Å². The SMILES string of the molecule is CCCNCC1CCCc2cc(O)c(O)cc21. The number of phenols is 2. The first-order chi connectivity index (χ1) is 8.22. The van der Waals surface area contributed by atoms with Gasteiger partial charge in [0, 0.05) is 6.54 Å². The standard InChI is InChI=1S/C14H21NO2/c1-2-6-15-9-11-5-3-4-10-7-13(16)14(17)8-12(10)11/h7-8,11,15-17H,2-6,9H2,1H3. The van der Waals surface area contributed by atoms with Crippen LogP contribution in [-0.2, 0) is 6.42 Å². The van der Waals surface area contributed by atoms with Crippen LogP contribution >= 0.6 is 0 Å². The summed E-state index contributed by atoms with van der Waals surface area (Å²) >= 11 is 0. The van der Waals surface area contributed by atoms with E-state index in [9.17, 15) is 10.2 Å². The van der Waals surface area contributed by atoms with Gasteiger partial charge in [0.25, 0.3) is 0 Å². The number of phenolic OH excluding ortho intramolecular Hbond substituents is 2. The van der Waals surface area contributed by atoms with E-state index < -0.39 is 0 Å². The molecule has 0 spiro atoms. The third kappa shape index (κ3) is 2.72. The molecule has 3 N–H and O–H groups in total. The van der Waals surface area contributed by atoms with Gasteiger partial charge in [0.15, 0.2) is 11.5 Å². The molecule has 0 amide bonds. The van der Waals surface area contributed by atoms with Crippen molar-refractivity contribution in [1.29, 1.82) is 0 Å². The largest absolute Gasteiger partial charge is 0.504 e. The minimum Gasteiger partial charge on any atom is -0.504 e. The van der Waals surface area contributed by atoms with Gasteiger partial charge in [0.1, 0.15) is 0 Å². The highest BCUT2D eigenvalue weighted by Gasteiger charge is 2.21. The summed E-state index contributed by atoms with van der Waals surface area (Å²) in [6.45, 7) is 4.16. The Morgan fingerprint density at radius 2 is 2.06 bits per heavy atom. The van der Waals surface area contributed by atoms with Gasteiger partial charge in [-0.3, -0.25) is 0 Å². The molecular formula is C14H21NO2. The van der Waals surface area contributed by atoms with Crippen LogP contribution in [0.25, 0.3) is 0 Å². The number of aromatic hydroxyl groups is 2. The molecule has 0 radical (unpaired) electrons. The fraction of sp³-hybridized carbons (Fsp3) is 0.571. The van der Waals surface area contributed by atoms with Crippen LogP contribution in [0.15, 0.2) is 12.1 Å². The van der Waals surface area contributed by atoms with Gasteiger partial charge < -0.3 is 15.5 Å². The molecule has 2 rings (SSSR count). The van der Waals surface area contributed by atoms with Crippen LogP contribution in [0.5, 0.6) is 11.5 Å². The first kappa shape index (κ1) is 12.2. The highest BCUT2D eigenvalue weighted by molar-refractivity contribution is 5.47. The summed E-state index contributed by atoms with van der Waals surface area (Å²) in [5.74, 6) is 0.480. The van der Waals surface area contributed by atoms with Gasteiger partial charge in [-0.15, -0.1) is 0 Å². The number of rotatable bonds is 4. The fourth-order valence-corrected chi connectivity index (χ4v) is 2.59. The molecule has 0 saturated carbocycles. The zero-order chi connectivity index (χ0) is 12.3. The molecule has 1 atom stereocenters. The highest BCUT2D eigenvalue weighted by atomic mass is 16.3. The summed E-state index contributed by atoms with van der Waals surface area (Å²) < 4.78 is 0. The van der Waals surface area contributed by atoms with Crippen molar-refractivity contribution in [3.05, 3.63) is 23.3 Å². The van der Waals surface area contributed by atoms with E-state index >= 15 is 0 Å². The average Bonchev–Trinajstić information content (AvgIpc) is 2.32. The Morgan fingerprint density at radius 3 is 2.82 bits per heavy atom. The third-order valence-electron chi connectivity index (χ3n) is 3.49. The van der Waals surface area contributed by atoms with E-state index in [1.54, 1.807) is 12.1 Å². The molecule has 0 aliphatic heterocycles. The maximum absolute atomic E-state index is 9.59. The zero-order valence-electron chi connectivity index (χ0n) is 10.4. The Morgan fingerprint density at radius 1 is 1.29 bits per heavy atom. The van der Waals surface area contributed by atoms with E-state index in [0.29, 0.717) is 5.92 Å². The molecule has 1 unspecified atom stereocenters. The van der Waals surface area contributed by atoms with Crippen molar-refractivity contribution in [1.82, 2.24) is 5.32 Å². The molecule has 0 aromatic heterocycles. The van der Waals surface area contributed by atoms with E-state index in [2.05, 4.69) is 12.2 Å². The summed E-state index contributed by atoms with van der Waals surface area (Å²) in [6.07, 6.45) is 4.47. The maximum atomic E-state index is 9.59. The van der Waals surface area contributed by atoms with Crippen molar-refractivity contribution >= 4 is 0 Å². The van der Waals surface area contributed by atoms with Crippen molar-refractivity contribution < 1.29 is 10.2 Å². The second-order valence-corrected chi connectivity index (χ2v) is 4.83. The second-order valence-electron chi connectivity index (χ2n) is 4.83. The zero-order valence-corrected chi connectivity index (χ0v) is 10.4. The molecule has 1 aromatic rings. The average molecular weight is 235 g/mol. The van der Waals surface area contributed by atoms with Crippen LogP contribution in [0.3, 0.4) is 0 Å². The van der Waals surface area contributed by atoms with E-state index in [1.165, 1.54) is 11.1 Å². The van der Waals surface area contributed by atoms with Crippen LogP contribution in [0.4, 0.5) is 0 Å². The van der Waals surface area contributed by atoms with Gasteiger partial charge in [0.2, 0.25) is 0 Å². The number of nitrogens with one attached hydrogen (secondary N) is 1. The van der Waals surface area contributed by atoms with Gasteiger partial charge in [-0.1, -0.05) is 6.92 Å². The number of hydrogen-bond acceptors (Lipinski definition) is 3. The topological polar surface area (TPSA) is 52.5 Å². The second kappa shape index (κ2) is 5.41. The Balaban J connectivity index is 2.15. The molecular weight excluding hydrogens is 214 g/mol. The molecule has 1 aliphatic carbocycles. The summed E-state index contributed by atoms with van der Waals surface area (Å²) in [4.78, 5) is 0. The van der Waals surface area contributed by atoms with E-state index in [0.717, 1.165) is 38.8 Å². The Hall–Kier alpha value is -1.22. The predicted molar refractivity (Wildman–Crippen MR) is 68.6 cm³/mol. The van der Waals surface area contributed by atoms with Crippen LogP contribution < -0.4 is 5.32 Å². The quantitative estimate of drug-likeness (QED) is 0.555. The lowest BCUT2D eigenvalue weighted by Crippen LogP contribution is -2.25. The van der Waals surface area contributed by atoms with Crippen molar-refractivity contribution in [3.8, 4) is 11.5 Å². The molecule has 3 nitrogen and oxygen atoms in total. The van der Waals surface area contributed by atoms with Gasteiger partial charge in [-0.25, -0.2) is 0 Å². The third-order valence-corrected chi connectivity index (χ3v) is 3.49. The van der Waals surface area contributed by atoms with E-state index in [4.69, 9.17) is 0 Å². The van der Waals surface area contributed by atoms with Crippen LogP contribution in [-0.4, -0.2) is 23.3 Å². The first-order valence-corrected chi connectivity index (χ1v) is 6.47. The lowest BCUT2D eigenvalue weighted by atomic mass is 9.82. The molecule has 1 aliphatic rings. The van der Waals surface area contributed by atoms with Gasteiger partial charge >= 0.3 is 0 Å². The molecule has 0 saturated heterocycles. The minimum atomic E-state index is 0.00548. The molecule has 1 aromatic carbocycles. The number of hydrogen-bond donors (Lipinski definition) is 3. The molecule has 94 valence electrons. The number of fused-ring (bicyclic) bond motifs is 1. The normalized spacial score (nSPS) is 19.0. The van der Waals surface area contributed by atoms with Crippen molar-refractivity contribution in [2.24, 2.45) is 0 Å². The Kier molecular flexibility index (Phi) is 3.89. The maximum Gasteiger partial charge on any atom is 0.157 e. The Labute approximate surface area is 102 Å².